The molecule has 6 heteroatoms. The van der Waals surface area contributed by atoms with Crippen molar-refractivity contribution in [2.45, 2.75) is 25.8 Å². The van der Waals surface area contributed by atoms with E-state index in [4.69, 9.17) is 10.5 Å². The van der Waals surface area contributed by atoms with E-state index in [9.17, 15) is 4.79 Å². The number of carbonyl (C=O) groups excluding carboxylic acids is 1. The van der Waals surface area contributed by atoms with Crippen molar-refractivity contribution >= 4 is 18.3 Å². The molecular weight excluding hydrogens is 266 g/mol. The number of hydrogen-bond acceptors (Lipinski definition) is 4. The van der Waals surface area contributed by atoms with Crippen LogP contribution in [0, 0.1) is 5.92 Å². The third kappa shape index (κ3) is 4.91. The molecular formula is C13H26ClN3O2. The summed E-state index contributed by atoms with van der Waals surface area (Å²) in [6.45, 7) is 7.43. The molecule has 2 N–H and O–H groups in total. The lowest BCUT2D eigenvalue weighted by atomic mass is 9.92. The number of carbonyl (C=O) groups is 1. The van der Waals surface area contributed by atoms with E-state index in [1.165, 1.54) is 6.42 Å². The Morgan fingerprint density at radius 2 is 2.05 bits per heavy atom. The van der Waals surface area contributed by atoms with Gasteiger partial charge in [0.15, 0.2) is 0 Å². The standard InChI is InChI=1S/C13H25N3O2.ClH/c1-11(14)12-3-2-4-15(9-12)10-13(17)16-5-7-18-8-6-16;/h11-12H,2-10,14H2,1H3;1H. The maximum absolute atomic E-state index is 12.1. The summed E-state index contributed by atoms with van der Waals surface area (Å²) in [4.78, 5) is 16.3. The van der Waals surface area contributed by atoms with E-state index >= 15 is 0 Å². The number of amides is 1. The van der Waals surface area contributed by atoms with Gasteiger partial charge in [0.1, 0.15) is 0 Å². The SMILES string of the molecule is CC(N)C1CCCN(CC(=O)N2CCOCC2)C1.Cl. The summed E-state index contributed by atoms with van der Waals surface area (Å²) in [5.41, 5.74) is 5.96. The molecule has 2 unspecified atom stereocenters. The van der Waals surface area contributed by atoms with Crippen molar-refractivity contribution < 1.29 is 9.53 Å². The molecule has 0 aliphatic carbocycles. The molecule has 2 rings (SSSR count). The second kappa shape index (κ2) is 8.04. The van der Waals surface area contributed by atoms with Gasteiger partial charge in [0.05, 0.1) is 19.8 Å². The molecule has 19 heavy (non-hydrogen) atoms. The van der Waals surface area contributed by atoms with E-state index in [0.717, 1.165) is 32.6 Å². The molecule has 2 saturated heterocycles. The summed E-state index contributed by atoms with van der Waals surface area (Å²) in [7, 11) is 0. The number of nitrogens with zero attached hydrogens (tertiary/aromatic N) is 2. The highest BCUT2D eigenvalue weighted by molar-refractivity contribution is 5.85. The minimum absolute atomic E-state index is 0. The van der Waals surface area contributed by atoms with Crippen molar-refractivity contribution in [3.63, 3.8) is 0 Å². The molecule has 0 bridgehead atoms. The van der Waals surface area contributed by atoms with Gasteiger partial charge in [-0.3, -0.25) is 9.69 Å². The van der Waals surface area contributed by atoms with Crippen LogP contribution in [0.25, 0.3) is 0 Å². The van der Waals surface area contributed by atoms with Crippen LogP contribution in [-0.4, -0.2) is 67.7 Å². The van der Waals surface area contributed by atoms with Crippen LogP contribution >= 0.6 is 12.4 Å². The number of ether oxygens (including phenoxy) is 1. The third-order valence-electron chi connectivity index (χ3n) is 4.01. The fourth-order valence-electron chi connectivity index (χ4n) is 2.77. The zero-order valence-corrected chi connectivity index (χ0v) is 12.5. The summed E-state index contributed by atoms with van der Waals surface area (Å²) < 4.78 is 5.26. The molecule has 2 heterocycles. The number of nitrogens with two attached hydrogens (primary N) is 1. The van der Waals surface area contributed by atoms with Gasteiger partial charge in [-0.25, -0.2) is 0 Å². The first-order chi connectivity index (χ1) is 8.66. The zero-order chi connectivity index (χ0) is 13.0. The molecule has 0 aromatic heterocycles. The van der Waals surface area contributed by atoms with Crippen LogP contribution in [0.1, 0.15) is 19.8 Å². The lowest BCUT2D eigenvalue weighted by Crippen LogP contribution is -2.49. The summed E-state index contributed by atoms with van der Waals surface area (Å²) in [6, 6.07) is 0.228. The van der Waals surface area contributed by atoms with Gasteiger partial charge in [-0.05, 0) is 32.2 Å². The normalized spacial score (nSPS) is 26.6. The van der Waals surface area contributed by atoms with Gasteiger partial charge < -0.3 is 15.4 Å². The predicted octanol–water partition coefficient (Wildman–Crippen LogP) is 0.326. The van der Waals surface area contributed by atoms with Crippen molar-refractivity contribution in [1.29, 1.82) is 0 Å². The van der Waals surface area contributed by atoms with E-state index in [1.807, 2.05) is 4.90 Å². The summed E-state index contributed by atoms with van der Waals surface area (Å²) >= 11 is 0. The average molecular weight is 292 g/mol. The number of piperidine rings is 1. The van der Waals surface area contributed by atoms with Crippen LogP contribution in [-0.2, 0) is 9.53 Å². The molecule has 0 radical (unpaired) electrons. The van der Waals surface area contributed by atoms with Gasteiger partial charge >= 0.3 is 0 Å². The highest BCUT2D eigenvalue weighted by Gasteiger charge is 2.25. The van der Waals surface area contributed by atoms with Crippen molar-refractivity contribution in [3.05, 3.63) is 0 Å². The fraction of sp³-hybridized carbons (Fsp3) is 0.923. The average Bonchev–Trinajstić information content (AvgIpc) is 2.40. The maximum Gasteiger partial charge on any atom is 0.236 e. The molecule has 1 amide bonds. The van der Waals surface area contributed by atoms with Gasteiger partial charge in [-0.1, -0.05) is 0 Å². The van der Waals surface area contributed by atoms with Crippen LogP contribution in [0.4, 0.5) is 0 Å². The zero-order valence-electron chi connectivity index (χ0n) is 11.7. The Balaban J connectivity index is 0.00000180. The van der Waals surface area contributed by atoms with E-state index in [-0.39, 0.29) is 24.4 Å². The van der Waals surface area contributed by atoms with Crippen molar-refractivity contribution in [2.75, 3.05) is 45.9 Å². The summed E-state index contributed by atoms with van der Waals surface area (Å²) in [5, 5.41) is 0. The molecule has 0 aromatic carbocycles. The number of rotatable bonds is 3. The van der Waals surface area contributed by atoms with Crippen LogP contribution in [0.3, 0.4) is 0 Å². The Labute approximate surface area is 121 Å². The fourth-order valence-corrected chi connectivity index (χ4v) is 2.77. The molecule has 5 nitrogen and oxygen atoms in total. The van der Waals surface area contributed by atoms with Crippen molar-refractivity contribution in [2.24, 2.45) is 11.7 Å². The molecule has 2 aliphatic rings. The lowest BCUT2D eigenvalue weighted by Gasteiger charge is -2.36. The lowest BCUT2D eigenvalue weighted by molar-refractivity contribution is -0.136. The smallest absolute Gasteiger partial charge is 0.236 e. The van der Waals surface area contributed by atoms with E-state index in [2.05, 4.69) is 11.8 Å². The number of morpholine rings is 1. The van der Waals surface area contributed by atoms with Gasteiger partial charge in [0.2, 0.25) is 5.91 Å². The van der Waals surface area contributed by atoms with Crippen molar-refractivity contribution in [3.8, 4) is 0 Å². The Morgan fingerprint density at radius 3 is 2.68 bits per heavy atom. The minimum Gasteiger partial charge on any atom is -0.378 e. The Kier molecular flexibility index (Phi) is 7.07. The monoisotopic (exact) mass is 291 g/mol. The first kappa shape index (κ1) is 16.7. The maximum atomic E-state index is 12.1. The van der Waals surface area contributed by atoms with Crippen molar-refractivity contribution in [1.82, 2.24) is 9.80 Å². The van der Waals surface area contributed by atoms with E-state index in [1.54, 1.807) is 0 Å². The molecule has 2 fully saturated rings. The largest absolute Gasteiger partial charge is 0.378 e. The predicted molar refractivity (Wildman–Crippen MR) is 77.5 cm³/mol. The van der Waals surface area contributed by atoms with Gasteiger partial charge in [0, 0.05) is 25.7 Å². The second-order valence-corrected chi connectivity index (χ2v) is 5.49. The first-order valence-electron chi connectivity index (χ1n) is 7.00. The second-order valence-electron chi connectivity index (χ2n) is 5.49. The minimum atomic E-state index is 0. The van der Waals surface area contributed by atoms with Gasteiger partial charge in [0.25, 0.3) is 0 Å². The Bertz CT molecular complexity index is 283. The van der Waals surface area contributed by atoms with Gasteiger partial charge in [-0.2, -0.15) is 0 Å². The molecule has 0 aromatic rings. The highest BCUT2D eigenvalue weighted by atomic mass is 35.5. The number of hydrogen-bond donors (Lipinski definition) is 1. The van der Waals surface area contributed by atoms with Crippen LogP contribution in [0.5, 0.6) is 0 Å². The number of halogens is 1. The van der Waals surface area contributed by atoms with E-state index in [0.29, 0.717) is 25.7 Å². The van der Waals surface area contributed by atoms with Gasteiger partial charge in [-0.15, -0.1) is 12.4 Å². The highest BCUT2D eigenvalue weighted by Crippen LogP contribution is 2.18. The Morgan fingerprint density at radius 1 is 1.37 bits per heavy atom. The van der Waals surface area contributed by atoms with E-state index < -0.39 is 0 Å². The quantitative estimate of drug-likeness (QED) is 0.814. The Hall–Kier alpha value is -0.360. The molecule has 2 aliphatic heterocycles. The van der Waals surface area contributed by atoms with Crippen LogP contribution in [0.15, 0.2) is 0 Å². The molecule has 2 atom stereocenters. The summed E-state index contributed by atoms with van der Waals surface area (Å²) in [5.74, 6) is 0.778. The topological polar surface area (TPSA) is 58.8 Å². The number of likely N-dealkylation sites (tertiary alicyclic amines) is 1. The summed E-state index contributed by atoms with van der Waals surface area (Å²) in [6.07, 6.45) is 2.35. The third-order valence-corrected chi connectivity index (χ3v) is 4.01. The first-order valence-corrected chi connectivity index (χ1v) is 7.00. The molecule has 0 spiro atoms. The molecule has 112 valence electrons. The van der Waals surface area contributed by atoms with Crippen LogP contribution < -0.4 is 5.73 Å². The molecule has 0 saturated carbocycles. The van der Waals surface area contributed by atoms with Crippen LogP contribution in [0.2, 0.25) is 0 Å².